The number of carbonyl (C=O) groups is 2. The number of nitrogens with one attached hydrogen (secondary N) is 1. The van der Waals surface area contributed by atoms with Crippen LogP contribution in [0.4, 0.5) is 0 Å². The average molecular weight is 314 g/mol. The molecule has 0 saturated carbocycles. The highest BCUT2D eigenvalue weighted by atomic mass is 35.5. The van der Waals surface area contributed by atoms with Crippen LogP contribution < -0.4 is 10.1 Å². The normalized spacial score (nSPS) is 19.3. The summed E-state index contributed by atoms with van der Waals surface area (Å²) in [5.74, 6) is -1.08. The first-order chi connectivity index (χ1) is 9.85. The molecule has 0 aromatic heterocycles. The van der Waals surface area contributed by atoms with Crippen LogP contribution >= 0.6 is 11.6 Å². The smallest absolute Gasteiger partial charge is 0.331 e. The molecule has 7 heteroatoms. The lowest BCUT2D eigenvalue weighted by molar-refractivity contribution is -0.150. The molecule has 2 atom stereocenters. The Labute approximate surface area is 127 Å². The van der Waals surface area contributed by atoms with E-state index in [4.69, 9.17) is 21.1 Å². The molecule has 0 fully saturated rings. The van der Waals surface area contributed by atoms with Crippen LogP contribution in [0.25, 0.3) is 0 Å². The van der Waals surface area contributed by atoms with E-state index in [-0.39, 0.29) is 6.61 Å². The number of carboxylic acid groups (broad SMARTS) is 1. The molecule has 2 rings (SSSR count). The molecule has 0 bridgehead atoms. The fourth-order valence-corrected chi connectivity index (χ4v) is 2.35. The van der Waals surface area contributed by atoms with E-state index >= 15 is 0 Å². The largest absolute Gasteiger partial charge is 0.480 e. The monoisotopic (exact) mass is 313 g/mol. The number of aliphatic carboxylic acids is 1. The van der Waals surface area contributed by atoms with E-state index in [0.717, 1.165) is 5.56 Å². The van der Waals surface area contributed by atoms with Gasteiger partial charge in [-0.1, -0.05) is 11.6 Å². The topological polar surface area (TPSA) is 84.9 Å². The fraction of sp³-hybridized carbons (Fsp3) is 0.429. The number of carbonyl (C=O) groups excluding carboxylic acids is 1. The molecule has 1 aliphatic heterocycles. The Morgan fingerprint density at radius 1 is 1.57 bits per heavy atom. The molecule has 0 radical (unpaired) electrons. The molecule has 2 unspecified atom stereocenters. The summed E-state index contributed by atoms with van der Waals surface area (Å²) in [4.78, 5) is 23.5. The van der Waals surface area contributed by atoms with E-state index in [9.17, 15) is 14.7 Å². The summed E-state index contributed by atoms with van der Waals surface area (Å²) in [7, 11) is 1.37. The first-order valence-electron chi connectivity index (χ1n) is 6.35. The molecule has 2 N–H and O–H groups in total. The predicted molar refractivity (Wildman–Crippen MR) is 75.6 cm³/mol. The molecular weight excluding hydrogens is 298 g/mol. The van der Waals surface area contributed by atoms with Crippen molar-refractivity contribution in [3.63, 3.8) is 0 Å². The van der Waals surface area contributed by atoms with Crippen LogP contribution in [-0.4, -0.2) is 42.3 Å². The number of fused-ring (bicyclic) bond motifs is 1. The van der Waals surface area contributed by atoms with Crippen molar-refractivity contribution in [2.75, 3.05) is 13.7 Å². The van der Waals surface area contributed by atoms with Gasteiger partial charge in [0.05, 0.1) is 6.61 Å². The van der Waals surface area contributed by atoms with Crippen molar-refractivity contribution in [2.24, 2.45) is 0 Å². The van der Waals surface area contributed by atoms with Gasteiger partial charge in [-0.05, 0) is 30.7 Å². The quantitative estimate of drug-likeness (QED) is 0.854. The zero-order valence-corrected chi connectivity index (χ0v) is 12.4. The number of hydrogen-bond donors (Lipinski definition) is 2. The van der Waals surface area contributed by atoms with E-state index in [1.165, 1.54) is 14.0 Å². The van der Waals surface area contributed by atoms with Crippen LogP contribution in [0.3, 0.4) is 0 Å². The highest BCUT2D eigenvalue weighted by Crippen LogP contribution is 2.31. The predicted octanol–water partition coefficient (Wildman–Crippen LogP) is 1.25. The summed E-state index contributed by atoms with van der Waals surface area (Å²) in [5, 5.41) is 12.2. The standard InChI is InChI=1S/C14H16ClNO5/c1-14(7-20-2,13(18)19)16-12(17)11-6-8-5-9(15)3-4-10(8)21-11/h3-5,11H,6-7H2,1-2H3,(H,16,17)(H,18,19). The van der Waals surface area contributed by atoms with Crippen molar-refractivity contribution in [3.05, 3.63) is 28.8 Å². The number of methoxy groups -OCH3 is 1. The summed E-state index contributed by atoms with van der Waals surface area (Å²) in [6.45, 7) is 1.25. The fourth-order valence-electron chi connectivity index (χ4n) is 2.16. The Kier molecular flexibility index (Phi) is 4.39. The van der Waals surface area contributed by atoms with Gasteiger partial charge in [-0.15, -0.1) is 0 Å². The van der Waals surface area contributed by atoms with Crippen LogP contribution in [0.15, 0.2) is 18.2 Å². The molecule has 1 aromatic rings. The van der Waals surface area contributed by atoms with Crippen molar-refractivity contribution in [2.45, 2.75) is 25.0 Å². The molecule has 21 heavy (non-hydrogen) atoms. The van der Waals surface area contributed by atoms with Crippen molar-refractivity contribution < 1.29 is 24.2 Å². The van der Waals surface area contributed by atoms with Crippen molar-refractivity contribution in [1.29, 1.82) is 0 Å². The summed E-state index contributed by atoms with van der Waals surface area (Å²) in [5.41, 5.74) is -0.673. The van der Waals surface area contributed by atoms with Crippen molar-refractivity contribution >= 4 is 23.5 Å². The van der Waals surface area contributed by atoms with E-state index in [1.54, 1.807) is 18.2 Å². The summed E-state index contributed by atoms with van der Waals surface area (Å²) in [6.07, 6.45) is -0.418. The van der Waals surface area contributed by atoms with Crippen LogP contribution in [0, 0.1) is 0 Å². The zero-order valence-electron chi connectivity index (χ0n) is 11.7. The van der Waals surface area contributed by atoms with E-state index in [0.29, 0.717) is 17.2 Å². The van der Waals surface area contributed by atoms with Crippen molar-refractivity contribution in [1.82, 2.24) is 5.32 Å². The molecule has 1 aliphatic rings. The second-order valence-corrected chi connectivity index (χ2v) is 5.56. The molecule has 1 amide bonds. The highest BCUT2D eigenvalue weighted by molar-refractivity contribution is 6.30. The Morgan fingerprint density at radius 2 is 2.29 bits per heavy atom. The highest BCUT2D eigenvalue weighted by Gasteiger charge is 2.39. The third-order valence-electron chi connectivity index (χ3n) is 3.29. The van der Waals surface area contributed by atoms with Gasteiger partial charge in [0.15, 0.2) is 11.6 Å². The lowest BCUT2D eigenvalue weighted by Crippen LogP contribution is -2.58. The number of carboxylic acids is 1. The molecular formula is C14H16ClNO5. The van der Waals surface area contributed by atoms with Crippen LogP contribution in [0.1, 0.15) is 12.5 Å². The molecule has 0 spiro atoms. The minimum Gasteiger partial charge on any atom is -0.480 e. The number of ether oxygens (including phenoxy) is 2. The van der Waals surface area contributed by atoms with Crippen molar-refractivity contribution in [3.8, 4) is 5.75 Å². The van der Waals surface area contributed by atoms with Crippen LogP contribution in [-0.2, 0) is 20.7 Å². The Hall–Kier alpha value is -1.79. The number of benzene rings is 1. The SMILES string of the molecule is COCC(C)(NC(=O)C1Cc2cc(Cl)ccc2O1)C(=O)O. The third kappa shape index (κ3) is 3.28. The molecule has 1 heterocycles. The number of rotatable bonds is 5. The van der Waals surface area contributed by atoms with Gasteiger partial charge in [-0.2, -0.15) is 0 Å². The second-order valence-electron chi connectivity index (χ2n) is 5.12. The molecule has 6 nitrogen and oxygen atoms in total. The summed E-state index contributed by atoms with van der Waals surface area (Å²) in [6, 6.07) is 5.10. The molecule has 0 saturated heterocycles. The lowest BCUT2D eigenvalue weighted by Gasteiger charge is -2.26. The van der Waals surface area contributed by atoms with Gasteiger partial charge < -0.3 is 19.9 Å². The minimum absolute atomic E-state index is 0.139. The van der Waals surface area contributed by atoms with Crippen LogP contribution in [0.2, 0.25) is 5.02 Å². The van der Waals surface area contributed by atoms with Gasteiger partial charge in [-0.3, -0.25) is 4.79 Å². The number of hydrogen-bond acceptors (Lipinski definition) is 4. The maximum absolute atomic E-state index is 12.2. The molecule has 1 aromatic carbocycles. The first kappa shape index (κ1) is 15.6. The Balaban J connectivity index is 2.07. The molecule has 0 aliphatic carbocycles. The van der Waals surface area contributed by atoms with Gasteiger partial charge in [0, 0.05) is 18.6 Å². The maximum Gasteiger partial charge on any atom is 0.331 e. The maximum atomic E-state index is 12.2. The molecule has 114 valence electrons. The first-order valence-corrected chi connectivity index (χ1v) is 6.73. The zero-order chi connectivity index (χ0) is 15.6. The lowest BCUT2D eigenvalue weighted by atomic mass is 10.0. The Morgan fingerprint density at radius 3 is 2.90 bits per heavy atom. The van der Waals surface area contributed by atoms with E-state index in [1.807, 2.05) is 0 Å². The second kappa shape index (κ2) is 5.91. The van der Waals surface area contributed by atoms with Gasteiger partial charge in [0.1, 0.15) is 5.75 Å². The number of amides is 1. The van der Waals surface area contributed by atoms with E-state index in [2.05, 4.69) is 5.32 Å². The third-order valence-corrected chi connectivity index (χ3v) is 3.53. The number of halogens is 1. The van der Waals surface area contributed by atoms with Crippen LogP contribution in [0.5, 0.6) is 5.75 Å². The van der Waals surface area contributed by atoms with E-state index < -0.39 is 23.5 Å². The van der Waals surface area contributed by atoms with Gasteiger partial charge in [-0.25, -0.2) is 4.79 Å². The Bertz CT molecular complexity index is 576. The van der Waals surface area contributed by atoms with Gasteiger partial charge >= 0.3 is 5.97 Å². The van der Waals surface area contributed by atoms with Gasteiger partial charge in [0.2, 0.25) is 0 Å². The van der Waals surface area contributed by atoms with Gasteiger partial charge in [0.25, 0.3) is 5.91 Å². The average Bonchev–Trinajstić information content (AvgIpc) is 2.81. The minimum atomic E-state index is -1.50. The summed E-state index contributed by atoms with van der Waals surface area (Å²) >= 11 is 5.89. The summed E-state index contributed by atoms with van der Waals surface area (Å²) < 4.78 is 10.4.